The van der Waals surface area contributed by atoms with Crippen LogP contribution in [0, 0.1) is 17.8 Å². The predicted octanol–water partition coefficient (Wildman–Crippen LogP) is 8.64. The molecular formula is C29H60O4Si2. The van der Waals surface area contributed by atoms with Crippen LogP contribution < -0.4 is 0 Å². The minimum atomic E-state index is -1.88. The molecule has 0 fully saturated rings. The highest BCUT2D eigenvalue weighted by Crippen LogP contribution is 2.35. The molecule has 0 heterocycles. The van der Waals surface area contributed by atoms with Gasteiger partial charge in [-0.15, -0.1) is 0 Å². The standard InChI is InChI=1S/C29H60O4Si2/c1-12-20-21-24(9)29(31-11)25(10)27(32-34(14-3,15-4)16-5)22-28(26(13-2)23-30)33-35(17-6,18-7)19-8/h12,20,23-29H,13-19,21-22H2,1-11H3/b20-12+/t24-,25-,26+,27+,28+,29+/m0/s1. The van der Waals surface area contributed by atoms with E-state index in [4.69, 9.17) is 13.6 Å². The van der Waals surface area contributed by atoms with E-state index in [1.54, 1.807) is 0 Å². The Labute approximate surface area is 221 Å². The number of hydrogen-bond acceptors (Lipinski definition) is 4. The van der Waals surface area contributed by atoms with Crippen molar-refractivity contribution in [3.05, 3.63) is 12.2 Å². The second-order valence-electron chi connectivity index (χ2n) is 10.6. The average Bonchev–Trinajstić information content (AvgIpc) is 2.89. The van der Waals surface area contributed by atoms with Crippen LogP contribution in [0.3, 0.4) is 0 Å². The summed E-state index contributed by atoms with van der Waals surface area (Å²) in [5.74, 6) is 0.515. The van der Waals surface area contributed by atoms with E-state index in [-0.39, 0.29) is 30.1 Å². The summed E-state index contributed by atoms with van der Waals surface area (Å²) in [5.41, 5.74) is 0. The first-order valence-electron chi connectivity index (χ1n) is 14.6. The van der Waals surface area contributed by atoms with E-state index in [2.05, 4.69) is 81.4 Å². The molecule has 0 aliphatic heterocycles. The lowest BCUT2D eigenvalue weighted by molar-refractivity contribution is -0.115. The minimum Gasteiger partial charge on any atom is -0.413 e. The molecule has 0 saturated carbocycles. The topological polar surface area (TPSA) is 44.8 Å². The Hall–Kier alpha value is -0.276. The summed E-state index contributed by atoms with van der Waals surface area (Å²) in [4.78, 5) is 12.2. The number of aldehydes is 1. The summed E-state index contributed by atoms with van der Waals surface area (Å²) in [6, 6.07) is 6.61. The van der Waals surface area contributed by atoms with Crippen molar-refractivity contribution in [3.8, 4) is 0 Å². The molecule has 0 spiro atoms. The Morgan fingerprint density at radius 3 is 1.57 bits per heavy atom. The van der Waals surface area contributed by atoms with Gasteiger partial charge in [0.15, 0.2) is 16.6 Å². The molecule has 35 heavy (non-hydrogen) atoms. The fraction of sp³-hybridized carbons (Fsp3) is 0.897. The van der Waals surface area contributed by atoms with Gasteiger partial charge in [0.25, 0.3) is 0 Å². The molecule has 0 aromatic heterocycles. The molecule has 0 aromatic carbocycles. The van der Waals surface area contributed by atoms with Crippen LogP contribution in [0.25, 0.3) is 0 Å². The summed E-state index contributed by atoms with van der Waals surface area (Å²) >= 11 is 0. The van der Waals surface area contributed by atoms with Crippen LogP contribution in [0.2, 0.25) is 36.3 Å². The van der Waals surface area contributed by atoms with Crippen molar-refractivity contribution in [1.82, 2.24) is 0 Å². The molecule has 0 aliphatic carbocycles. The van der Waals surface area contributed by atoms with Crippen LogP contribution in [-0.4, -0.2) is 48.3 Å². The Balaban J connectivity index is 6.38. The first-order chi connectivity index (χ1) is 16.7. The zero-order valence-corrected chi connectivity index (χ0v) is 27.2. The van der Waals surface area contributed by atoms with Gasteiger partial charge in [0, 0.05) is 18.9 Å². The molecule has 0 rings (SSSR count). The SMILES string of the molecule is C/C=C/C[C@H](C)[C@@H](OC)[C@@H](C)[C@@H](C[C@@H](O[Si](CC)(CC)CC)[C@@H](C=O)CC)O[Si](CC)(CC)CC. The van der Waals surface area contributed by atoms with E-state index in [0.717, 1.165) is 61.8 Å². The van der Waals surface area contributed by atoms with Gasteiger partial charge in [-0.1, -0.05) is 74.5 Å². The smallest absolute Gasteiger partial charge is 0.192 e. The van der Waals surface area contributed by atoms with E-state index in [0.29, 0.717) is 5.92 Å². The Kier molecular flexibility index (Phi) is 17.9. The second kappa shape index (κ2) is 18.1. The van der Waals surface area contributed by atoms with E-state index in [1.807, 2.05) is 7.11 Å². The minimum absolute atomic E-state index is 0.0239. The van der Waals surface area contributed by atoms with Crippen LogP contribution >= 0.6 is 0 Å². The normalized spacial score (nSPS) is 18.3. The summed E-state index contributed by atoms with van der Waals surface area (Å²) in [6.45, 7) is 22.4. The Morgan fingerprint density at radius 1 is 0.771 bits per heavy atom. The monoisotopic (exact) mass is 528 g/mol. The Bertz CT molecular complexity index is 558. The van der Waals surface area contributed by atoms with Crippen LogP contribution in [0.5, 0.6) is 0 Å². The maximum Gasteiger partial charge on any atom is 0.192 e. The van der Waals surface area contributed by atoms with E-state index in [9.17, 15) is 4.79 Å². The average molecular weight is 529 g/mol. The third-order valence-electron chi connectivity index (χ3n) is 8.94. The number of ether oxygens (including phenoxy) is 1. The fourth-order valence-electron chi connectivity index (χ4n) is 5.66. The number of methoxy groups -OCH3 is 1. The van der Waals surface area contributed by atoms with Crippen molar-refractivity contribution >= 4 is 22.9 Å². The van der Waals surface area contributed by atoms with E-state index < -0.39 is 16.6 Å². The van der Waals surface area contributed by atoms with Crippen LogP contribution in [0.15, 0.2) is 12.2 Å². The van der Waals surface area contributed by atoms with Gasteiger partial charge in [-0.25, -0.2) is 0 Å². The first kappa shape index (κ1) is 34.7. The molecule has 0 aliphatic rings. The summed E-state index contributed by atoms with van der Waals surface area (Å²) in [5, 5.41) is 0. The van der Waals surface area contributed by atoms with E-state index >= 15 is 0 Å². The highest BCUT2D eigenvalue weighted by Gasteiger charge is 2.41. The lowest BCUT2D eigenvalue weighted by atomic mass is 9.84. The van der Waals surface area contributed by atoms with Gasteiger partial charge in [0.1, 0.15) is 6.29 Å². The zero-order chi connectivity index (χ0) is 27.1. The molecule has 0 N–H and O–H groups in total. The Morgan fingerprint density at radius 2 is 1.23 bits per heavy atom. The van der Waals surface area contributed by atoms with Gasteiger partial charge in [0.2, 0.25) is 0 Å². The molecular weight excluding hydrogens is 468 g/mol. The number of allylic oxidation sites excluding steroid dienone is 2. The van der Waals surface area contributed by atoms with E-state index in [1.165, 1.54) is 0 Å². The third-order valence-corrected chi connectivity index (χ3v) is 18.3. The number of hydrogen-bond donors (Lipinski definition) is 0. The number of carbonyl (C=O) groups is 1. The largest absolute Gasteiger partial charge is 0.413 e. The number of rotatable bonds is 21. The quantitative estimate of drug-likeness (QED) is 0.0849. The van der Waals surface area contributed by atoms with Gasteiger partial charge in [0.05, 0.1) is 18.3 Å². The van der Waals surface area contributed by atoms with Crippen molar-refractivity contribution in [3.63, 3.8) is 0 Å². The highest BCUT2D eigenvalue weighted by atomic mass is 28.4. The number of carbonyl (C=O) groups excluding carboxylic acids is 1. The molecule has 4 nitrogen and oxygen atoms in total. The summed E-state index contributed by atoms with van der Waals surface area (Å²) in [7, 11) is -1.91. The molecule has 6 atom stereocenters. The van der Waals surface area contributed by atoms with Crippen LogP contribution in [0.1, 0.15) is 88.5 Å². The van der Waals surface area contributed by atoms with Crippen molar-refractivity contribution in [2.75, 3.05) is 7.11 Å². The molecule has 0 saturated heterocycles. The summed E-state index contributed by atoms with van der Waals surface area (Å²) < 4.78 is 20.4. The van der Waals surface area contributed by atoms with Gasteiger partial charge < -0.3 is 18.4 Å². The second-order valence-corrected chi connectivity index (χ2v) is 20.0. The van der Waals surface area contributed by atoms with Crippen LogP contribution in [0.4, 0.5) is 0 Å². The molecule has 0 radical (unpaired) electrons. The van der Waals surface area contributed by atoms with Gasteiger partial charge in [-0.3, -0.25) is 0 Å². The summed E-state index contributed by atoms with van der Waals surface area (Å²) in [6.07, 6.45) is 8.10. The molecule has 0 unspecified atom stereocenters. The van der Waals surface area contributed by atoms with Crippen molar-refractivity contribution in [2.45, 2.75) is 143 Å². The van der Waals surface area contributed by atoms with Crippen molar-refractivity contribution < 1.29 is 18.4 Å². The van der Waals surface area contributed by atoms with Gasteiger partial charge in [-0.2, -0.15) is 0 Å². The van der Waals surface area contributed by atoms with Crippen molar-refractivity contribution in [2.24, 2.45) is 17.8 Å². The maximum absolute atomic E-state index is 12.2. The lowest BCUT2D eigenvalue weighted by Gasteiger charge is -2.43. The maximum atomic E-state index is 12.2. The van der Waals surface area contributed by atoms with Crippen molar-refractivity contribution in [1.29, 1.82) is 0 Å². The first-order valence-corrected chi connectivity index (χ1v) is 19.7. The van der Waals surface area contributed by atoms with Gasteiger partial charge in [-0.05, 0) is 68.4 Å². The molecule has 6 heteroatoms. The molecule has 0 aromatic rings. The lowest BCUT2D eigenvalue weighted by Crippen LogP contribution is -2.50. The third kappa shape index (κ3) is 10.2. The molecule has 208 valence electrons. The molecule has 0 bridgehead atoms. The molecule has 0 amide bonds. The zero-order valence-electron chi connectivity index (χ0n) is 25.2. The van der Waals surface area contributed by atoms with Crippen LogP contribution in [-0.2, 0) is 18.4 Å². The highest BCUT2D eigenvalue weighted by molar-refractivity contribution is 6.74. The fourth-order valence-corrected chi connectivity index (χ4v) is 11.5. The van der Waals surface area contributed by atoms with Gasteiger partial charge >= 0.3 is 0 Å². The predicted molar refractivity (Wildman–Crippen MR) is 157 cm³/mol.